The largest absolute Gasteiger partial charge is 0.397 e. The van der Waals surface area contributed by atoms with Crippen LogP contribution in [-0.2, 0) is 0 Å². The van der Waals surface area contributed by atoms with Crippen molar-refractivity contribution < 1.29 is 8.78 Å². The van der Waals surface area contributed by atoms with Crippen molar-refractivity contribution in [1.82, 2.24) is 0 Å². The number of nitrogens with two attached hydrogens (primary N) is 1. The number of halogens is 2. The molecule has 0 spiro atoms. The van der Waals surface area contributed by atoms with Crippen LogP contribution in [-0.4, -0.2) is 13.1 Å². The van der Waals surface area contributed by atoms with E-state index in [1.165, 1.54) is 6.07 Å². The molecule has 2 N–H and O–H groups in total. The van der Waals surface area contributed by atoms with Crippen LogP contribution in [0.5, 0.6) is 0 Å². The van der Waals surface area contributed by atoms with Crippen molar-refractivity contribution >= 4 is 11.4 Å². The van der Waals surface area contributed by atoms with Gasteiger partial charge in [-0.2, -0.15) is 0 Å². The highest BCUT2D eigenvalue weighted by atomic mass is 19.2. The standard InChI is InChI=1S/C12H16F2N2/c1-7-5-16(6-8(7)2)12-10(15)4-3-9(13)11(12)14/h3-4,7-8H,5-6,15H2,1-2H3. The van der Waals surface area contributed by atoms with Crippen molar-refractivity contribution in [3.8, 4) is 0 Å². The Morgan fingerprint density at radius 2 is 1.75 bits per heavy atom. The van der Waals surface area contributed by atoms with Crippen molar-refractivity contribution in [2.45, 2.75) is 13.8 Å². The smallest absolute Gasteiger partial charge is 0.184 e. The lowest BCUT2D eigenvalue weighted by Crippen LogP contribution is -2.22. The van der Waals surface area contributed by atoms with Crippen LogP contribution in [0.4, 0.5) is 20.2 Å². The third-order valence-electron chi connectivity index (χ3n) is 3.40. The summed E-state index contributed by atoms with van der Waals surface area (Å²) in [5.74, 6) is -0.721. The van der Waals surface area contributed by atoms with E-state index in [4.69, 9.17) is 5.73 Å². The summed E-state index contributed by atoms with van der Waals surface area (Å²) in [5, 5.41) is 0. The van der Waals surface area contributed by atoms with Gasteiger partial charge in [0.05, 0.1) is 11.4 Å². The van der Waals surface area contributed by atoms with Gasteiger partial charge in [0.2, 0.25) is 0 Å². The zero-order valence-electron chi connectivity index (χ0n) is 9.50. The lowest BCUT2D eigenvalue weighted by atomic mass is 10.0. The summed E-state index contributed by atoms with van der Waals surface area (Å²) in [6.07, 6.45) is 0. The quantitative estimate of drug-likeness (QED) is 0.746. The van der Waals surface area contributed by atoms with Gasteiger partial charge in [0.25, 0.3) is 0 Å². The van der Waals surface area contributed by atoms with Gasteiger partial charge in [0.1, 0.15) is 0 Å². The first-order valence-corrected chi connectivity index (χ1v) is 5.49. The molecule has 2 unspecified atom stereocenters. The molecule has 0 bridgehead atoms. The van der Waals surface area contributed by atoms with E-state index < -0.39 is 11.6 Å². The normalized spacial score (nSPS) is 25.1. The lowest BCUT2D eigenvalue weighted by molar-refractivity contribution is 0.494. The molecule has 0 saturated carbocycles. The fourth-order valence-corrected chi connectivity index (χ4v) is 2.19. The highest BCUT2D eigenvalue weighted by Gasteiger charge is 2.29. The molecular weight excluding hydrogens is 210 g/mol. The summed E-state index contributed by atoms with van der Waals surface area (Å²) in [5.41, 5.74) is 6.24. The van der Waals surface area contributed by atoms with Gasteiger partial charge in [0.15, 0.2) is 11.6 Å². The molecule has 0 aliphatic carbocycles. The van der Waals surface area contributed by atoms with E-state index in [2.05, 4.69) is 13.8 Å². The summed E-state index contributed by atoms with van der Waals surface area (Å²) in [7, 11) is 0. The molecule has 1 aliphatic rings. The van der Waals surface area contributed by atoms with Crippen molar-refractivity contribution in [2.75, 3.05) is 23.7 Å². The van der Waals surface area contributed by atoms with Crippen LogP contribution < -0.4 is 10.6 Å². The molecule has 1 aromatic carbocycles. The number of benzene rings is 1. The molecule has 0 radical (unpaired) electrons. The van der Waals surface area contributed by atoms with E-state index in [9.17, 15) is 8.78 Å². The first-order chi connectivity index (χ1) is 7.50. The van der Waals surface area contributed by atoms with Gasteiger partial charge in [-0.15, -0.1) is 0 Å². The minimum atomic E-state index is -0.837. The Balaban J connectivity index is 2.38. The van der Waals surface area contributed by atoms with E-state index in [1.54, 1.807) is 0 Å². The minimum absolute atomic E-state index is 0.219. The molecule has 2 atom stereocenters. The first-order valence-electron chi connectivity index (χ1n) is 5.49. The minimum Gasteiger partial charge on any atom is -0.397 e. The van der Waals surface area contributed by atoms with Crippen LogP contribution in [0.3, 0.4) is 0 Å². The number of nitrogens with zero attached hydrogens (tertiary/aromatic N) is 1. The molecule has 88 valence electrons. The van der Waals surface area contributed by atoms with Crippen molar-refractivity contribution in [3.63, 3.8) is 0 Å². The Hall–Kier alpha value is -1.32. The molecule has 4 heteroatoms. The van der Waals surface area contributed by atoms with Gasteiger partial charge in [-0.05, 0) is 24.0 Å². The number of rotatable bonds is 1. The van der Waals surface area contributed by atoms with Gasteiger partial charge in [-0.25, -0.2) is 8.78 Å². The maximum Gasteiger partial charge on any atom is 0.184 e. The molecule has 16 heavy (non-hydrogen) atoms. The average Bonchev–Trinajstić information content (AvgIpc) is 2.54. The topological polar surface area (TPSA) is 29.3 Å². The van der Waals surface area contributed by atoms with Crippen LogP contribution >= 0.6 is 0 Å². The molecule has 1 saturated heterocycles. The second-order valence-electron chi connectivity index (χ2n) is 4.66. The monoisotopic (exact) mass is 226 g/mol. The molecule has 1 fully saturated rings. The summed E-state index contributed by atoms with van der Waals surface area (Å²) >= 11 is 0. The summed E-state index contributed by atoms with van der Waals surface area (Å²) < 4.78 is 26.8. The number of hydrogen-bond donors (Lipinski definition) is 1. The van der Waals surface area contributed by atoms with Gasteiger partial charge in [0, 0.05) is 13.1 Å². The van der Waals surface area contributed by atoms with Gasteiger partial charge in [-0.1, -0.05) is 13.8 Å². The first kappa shape index (κ1) is 11.2. The number of anilines is 2. The molecular formula is C12H16F2N2. The molecule has 0 aromatic heterocycles. The zero-order valence-corrected chi connectivity index (χ0v) is 9.50. The Labute approximate surface area is 94.0 Å². The highest BCUT2D eigenvalue weighted by Crippen LogP contribution is 2.34. The predicted molar refractivity (Wildman–Crippen MR) is 61.3 cm³/mol. The second-order valence-corrected chi connectivity index (χ2v) is 4.66. The summed E-state index contributed by atoms with van der Waals surface area (Å²) in [6.45, 7) is 5.67. The van der Waals surface area contributed by atoms with Crippen LogP contribution in [0, 0.1) is 23.5 Å². The van der Waals surface area contributed by atoms with Crippen LogP contribution in [0.15, 0.2) is 12.1 Å². The number of hydrogen-bond acceptors (Lipinski definition) is 2. The fraction of sp³-hybridized carbons (Fsp3) is 0.500. The lowest BCUT2D eigenvalue weighted by Gasteiger charge is -2.21. The van der Waals surface area contributed by atoms with Crippen LogP contribution in [0.2, 0.25) is 0 Å². The molecule has 2 nitrogen and oxygen atoms in total. The van der Waals surface area contributed by atoms with Crippen molar-refractivity contribution in [2.24, 2.45) is 11.8 Å². The van der Waals surface area contributed by atoms with Crippen LogP contribution in [0.25, 0.3) is 0 Å². The van der Waals surface area contributed by atoms with E-state index in [-0.39, 0.29) is 5.69 Å². The number of nitrogen functional groups attached to an aromatic ring is 1. The third kappa shape index (κ3) is 1.72. The van der Waals surface area contributed by atoms with Crippen LogP contribution in [0.1, 0.15) is 13.8 Å². The highest BCUT2D eigenvalue weighted by molar-refractivity contribution is 5.68. The van der Waals surface area contributed by atoms with E-state index in [0.717, 1.165) is 19.2 Å². The Morgan fingerprint density at radius 3 is 2.31 bits per heavy atom. The predicted octanol–water partition coefficient (Wildman–Crippen LogP) is 2.64. The maximum absolute atomic E-state index is 13.7. The maximum atomic E-state index is 13.7. The average molecular weight is 226 g/mol. The van der Waals surface area contributed by atoms with E-state index in [1.807, 2.05) is 4.90 Å². The van der Waals surface area contributed by atoms with E-state index >= 15 is 0 Å². The Morgan fingerprint density at radius 1 is 1.19 bits per heavy atom. The summed E-state index contributed by atoms with van der Waals surface area (Å²) in [6, 6.07) is 2.48. The molecule has 0 amide bonds. The summed E-state index contributed by atoms with van der Waals surface area (Å²) in [4.78, 5) is 1.84. The van der Waals surface area contributed by atoms with Crippen molar-refractivity contribution in [3.05, 3.63) is 23.8 Å². The van der Waals surface area contributed by atoms with Crippen molar-refractivity contribution in [1.29, 1.82) is 0 Å². The SMILES string of the molecule is CC1CN(c2c(N)ccc(F)c2F)CC1C. The third-order valence-corrected chi connectivity index (χ3v) is 3.40. The van der Waals surface area contributed by atoms with Gasteiger partial charge >= 0.3 is 0 Å². The molecule has 2 rings (SSSR count). The molecule has 1 aliphatic heterocycles. The molecule has 1 aromatic rings. The fourth-order valence-electron chi connectivity index (χ4n) is 2.19. The molecule has 1 heterocycles. The van der Waals surface area contributed by atoms with Gasteiger partial charge < -0.3 is 10.6 Å². The zero-order chi connectivity index (χ0) is 11.9. The Bertz CT molecular complexity index is 396. The Kier molecular flexibility index (Phi) is 2.74. The second kappa shape index (κ2) is 3.92. The van der Waals surface area contributed by atoms with Gasteiger partial charge in [-0.3, -0.25) is 0 Å². The van der Waals surface area contributed by atoms with E-state index in [0.29, 0.717) is 17.5 Å².